The maximum absolute atomic E-state index is 12.4. The van der Waals surface area contributed by atoms with E-state index in [1.165, 1.54) is 0 Å². The molecule has 2 aromatic carbocycles. The van der Waals surface area contributed by atoms with Gasteiger partial charge in [0.05, 0.1) is 7.11 Å². The Hall–Kier alpha value is -2.32. The van der Waals surface area contributed by atoms with Gasteiger partial charge in [-0.25, -0.2) is 10.9 Å². The molecule has 0 radical (unpaired) electrons. The minimum Gasteiger partial charge on any atom is -0.497 e. The number of benzene rings is 2. The third-order valence-electron chi connectivity index (χ3n) is 3.86. The van der Waals surface area contributed by atoms with Crippen LogP contribution in [0.25, 0.3) is 0 Å². The Kier molecular flexibility index (Phi) is 5.72. The highest BCUT2D eigenvalue weighted by Gasteiger charge is 2.32. The van der Waals surface area contributed by atoms with E-state index in [0.717, 1.165) is 17.0 Å². The van der Waals surface area contributed by atoms with Gasteiger partial charge in [0.1, 0.15) is 18.0 Å². The lowest BCUT2D eigenvalue weighted by Crippen LogP contribution is -2.50. The summed E-state index contributed by atoms with van der Waals surface area (Å²) in [6.45, 7) is 0.434. The van der Waals surface area contributed by atoms with Crippen LogP contribution in [0, 0.1) is 0 Å². The highest BCUT2D eigenvalue weighted by molar-refractivity contribution is 6.30. The quantitative estimate of drug-likeness (QED) is 0.534. The number of carbonyl (C=O) groups is 1. The van der Waals surface area contributed by atoms with E-state index >= 15 is 0 Å². The van der Waals surface area contributed by atoms with E-state index in [9.17, 15) is 4.79 Å². The molecule has 1 aliphatic heterocycles. The molecule has 0 bridgehead atoms. The van der Waals surface area contributed by atoms with Crippen molar-refractivity contribution in [3.8, 4) is 5.75 Å². The zero-order valence-corrected chi connectivity index (χ0v) is 14.4. The first-order chi connectivity index (χ1) is 12.2. The van der Waals surface area contributed by atoms with Crippen LogP contribution in [0.4, 0.5) is 5.69 Å². The predicted octanol–water partition coefficient (Wildman–Crippen LogP) is 1.38. The van der Waals surface area contributed by atoms with Gasteiger partial charge in [-0.05, 0) is 42.0 Å². The number of rotatable bonds is 6. The van der Waals surface area contributed by atoms with Crippen molar-refractivity contribution < 1.29 is 9.53 Å². The Morgan fingerprint density at radius 2 is 1.84 bits per heavy atom. The van der Waals surface area contributed by atoms with E-state index < -0.39 is 6.04 Å². The molecule has 132 valence electrons. The van der Waals surface area contributed by atoms with E-state index in [4.69, 9.17) is 16.3 Å². The minimum absolute atomic E-state index is 0.126. The van der Waals surface area contributed by atoms with Crippen LogP contribution in [-0.2, 0) is 11.3 Å². The Morgan fingerprint density at radius 1 is 1.12 bits per heavy atom. The largest absolute Gasteiger partial charge is 0.497 e. The normalized spacial score (nSPS) is 19.4. The molecule has 1 fully saturated rings. The van der Waals surface area contributed by atoms with Crippen LogP contribution < -0.4 is 31.8 Å². The fourth-order valence-corrected chi connectivity index (χ4v) is 2.59. The number of hydrazine groups is 2. The summed E-state index contributed by atoms with van der Waals surface area (Å²) >= 11 is 5.86. The lowest BCUT2D eigenvalue weighted by molar-refractivity contribution is -0.123. The molecule has 0 spiro atoms. The number of anilines is 1. The number of hydrogen-bond donors (Lipinski definition) is 5. The van der Waals surface area contributed by atoms with E-state index in [1.54, 1.807) is 19.2 Å². The number of ether oxygens (including phenoxy) is 1. The predicted molar refractivity (Wildman–Crippen MR) is 96.9 cm³/mol. The fraction of sp³-hybridized carbons (Fsp3) is 0.235. The summed E-state index contributed by atoms with van der Waals surface area (Å²) in [5.74, 6) is 0.650. The molecule has 0 saturated carbocycles. The van der Waals surface area contributed by atoms with Gasteiger partial charge in [-0.15, -0.1) is 0 Å². The number of amides is 1. The Morgan fingerprint density at radius 3 is 2.52 bits per heavy atom. The Labute approximate surface area is 151 Å². The molecule has 8 heteroatoms. The molecular formula is C17H20ClN5O2. The Bertz CT molecular complexity index is 708. The van der Waals surface area contributed by atoms with Crippen molar-refractivity contribution in [3.63, 3.8) is 0 Å². The summed E-state index contributed by atoms with van der Waals surface area (Å²) in [5.41, 5.74) is 10.5. The molecule has 2 atom stereocenters. The number of halogens is 1. The summed E-state index contributed by atoms with van der Waals surface area (Å²) in [6, 6.07) is 14.4. The second kappa shape index (κ2) is 8.17. The lowest BCUT2D eigenvalue weighted by atomic mass is 10.2. The molecule has 3 rings (SSSR count). The smallest absolute Gasteiger partial charge is 0.242 e. The zero-order chi connectivity index (χ0) is 17.6. The second-order valence-corrected chi connectivity index (χ2v) is 6.02. The van der Waals surface area contributed by atoms with Gasteiger partial charge >= 0.3 is 0 Å². The number of hydrogen-bond acceptors (Lipinski definition) is 6. The maximum Gasteiger partial charge on any atom is 0.242 e. The van der Waals surface area contributed by atoms with E-state index in [-0.39, 0.29) is 12.1 Å². The summed E-state index contributed by atoms with van der Waals surface area (Å²) in [6.07, 6.45) is -0.307. The van der Waals surface area contributed by atoms with E-state index in [2.05, 4.69) is 27.0 Å². The summed E-state index contributed by atoms with van der Waals surface area (Å²) in [4.78, 5) is 12.4. The van der Waals surface area contributed by atoms with Crippen LogP contribution >= 0.6 is 11.6 Å². The molecule has 7 nitrogen and oxygen atoms in total. The lowest BCUT2D eigenvalue weighted by Gasteiger charge is -2.20. The van der Waals surface area contributed by atoms with E-state index in [0.29, 0.717) is 11.6 Å². The van der Waals surface area contributed by atoms with Crippen molar-refractivity contribution in [2.75, 3.05) is 12.4 Å². The van der Waals surface area contributed by atoms with Crippen LogP contribution in [0.5, 0.6) is 5.75 Å². The van der Waals surface area contributed by atoms with Crippen LogP contribution in [0.15, 0.2) is 48.5 Å². The zero-order valence-electron chi connectivity index (χ0n) is 13.7. The molecule has 2 aromatic rings. The molecule has 1 amide bonds. The van der Waals surface area contributed by atoms with Gasteiger partial charge in [0, 0.05) is 17.3 Å². The van der Waals surface area contributed by atoms with E-state index in [1.807, 2.05) is 36.4 Å². The summed E-state index contributed by atoms with van der Waals surface area (Å²) in [7, 11) is 1.62. The van der Waals surface area contributed by atoms with Gasteiger partial charge in [0.2, 0.25) is 5.91 Å². The molecule has 0 aliphatic carbocycles. The molecule has 5 N–H and O–H groups in total. The van der Waals surface area contributed by atoms with Crippen molar-refractivity contribution in [2.24, 2.45) is 0 Å². The van der Waals surface area contributed by atoms with Gasteiger partial charge in [-0.2, -0.15) is 5.53 Å². The average Bonchev–Trinajstić information content (AvgIpc) is 3.10. The Balaban J connectivity index is 1.56. The van der Waals surface area contributed by atoms with Gasteiger partial charge in [-0.3, -0.25) is 4.79 Å². The minimum atomic E-state index is -0.477. The highest BCUT2D eigenvalue weighted by Crippen LogP contribution is 2.16. The second-order valence-electron chi connectivity index (χ2n) is 5.59. The third kappa shape index (κ3) is 4.61. The average molecular weight is 362 g/mol. The number of methoxy groups -OCH3 is 1. The van der Waals surface area contributed by atoms with Crippen molar-refractivity contribution >= 4 is 23.2 Å². The molecule has 1 heterocycles. The van der Waals surface area contributed by atoms with Crippen LogP contribution in [0.2, 0.25) is 5.02 Å². The molecular weight excluding hydrogens is 342 g/mol. The summed E-state index contributed by atoms with van der Waals surface area (Å²) < 4.78 is 5.14. The van der Waals surface area contributed by atoms with Crippen molar-refractivity contribution in [1.29, 1.82) is 0 Å². The third-order valence-corrected chi connectivity index (χ3v) is 4.12. The maximum atomic E-state index is 12.4. The number of nitrogens with one attached hydrogen (secondary N) is 5. The van der Waals surface area contributed by atoms with Crippen molar-refractivity contribution in [3.05, 3.63) is 59.1 Å². The summed E-state index contributed by atoms with van der Waals surface area (Å²) in [5, 5.41) is 6.84. The molecule has 25 heavy (non-hydrogen) atoms. The standard InChI is InChI=1S/C17H20ClN5O2/c1-25-14-8-6-13(7-9-14)20-16-15(21-23-22-16)17(24)19-10-11-2-4-12(18)5-3-11/h2-9,15-16,20-23H,10H2,1H3,(H,19,24). The van der Waals surface area contributed by atoms with Crippen molar-refractivity contribution in [2.45, 2.75) is 18.8 Å². The van der Waals surface area contributed by atoms with Gasteiger partial charge < -0.3 is 15.4 Å². The first kappa shape index (κ1) is 17.5. The van der Waals surface area contributed by atoms with Crippen LogP contribution in [-0.4, -0.2) is 25.2 Å². The van der Waals surface area contributed by atoms with Crippen LogP contribution in [0.3, 0.4) is 0 Å². The van der Waals surface area contributed by atoms with Gasteiger partial charge in [0.25, 0.3) is 0 Å². The van der Waals surface area contributed by atoms with Crippen molar-refractivity contribution in [1.82, 2.24) is 21.7 Å². The molecule has 1 aliphatic rings. The number of carbonyl (C=O) groups excluding carboxylic acids is 1. The monoisotopic (exact) mass is 361 g/mol. The molecule has 0 aromatic heterocycles. The SMILES string of the molecule is COc1ccc(NC2NNNC2C(=O)NCc2ccc(Cl)cc2)cc1. The fourth-order valence-electron chi connectivity index (χ4n) is 2.47. The molecule has 1 saturated heterocycles. The topological polar surface area (TPSA) is 86.5 Å². The first-order valence-corrected chi connectivity index (χ1v) is 8.22. The van der Waals surface area contributed by atoms with Gasteiger partial charge in [0.15, 0.2) is 0 Å². The molecule has 2 unspecified atom stereocenters. The first-order valence-electron chi connectivity index (χ1n) is 7.84. The highest BCUT2D eigenvalue weighted by atomic mass is 35.5. The van der Waals surface area contributed by atoms with Gasteiger partial charge in [-0.1, -0.05) is 23.7 Å². The van der Waals surface area contributed by atoms with Crippen LogP contribution in [0.1, 0.15) is 5.56 Å².